The molecule has 1 unspecified atom stereocenters. The average molecular weight is 352 g/mol. The Hall–Kier alpha value is -2.69. The molecule has 0 saturated carbocycles. The number of piperidine rings is 1. The molecular formula is C21H24N2O3. The van der Waals surface area contributed by atoms with Crippen molar-refractivity contribution in [2.75, 3.05) is 6.54 Å². The molecule has 136 valence electrons. The van der Waals surface area contributed by atoms with Crippen molar-refractivity contribution in [2.45, 2.75) is 44.6 Å². The molecule has 26 heavy (non-hydrogen) atoms. The summed E-state index contributed by atoms with van der Waals surface area (Å²) in [5.41, 5.74) is 1.64. The SMILES string of the molecule is O=C(O)c1cc(C(=O)N2CCCCC2CCCc2ccccc2)ccn1. The molecule has 0 radical (unpaired) electrons. The first-order chi connectivity index (χ1) is 12.6. The van der Waals surface area contributed by atoms with Gasteiger partial charge in [-0.25, -0.2) is 9.78 Å². The van der Waals surface area contributed by atoms with Crippen LogP contribution in [0.15, 0.2) is 48.7 Å². The minimum atomic E-state index is -1.11. The number of hydrogen-bond donors (Lipinski definition) is 1. The zero-order valence-corrected chi connectivity index (χ0v) is 14.8. The van der Waals surface area contributed by atoms with Crippen LogP contribution in [-0.4, -0.2) is 39.5 Å². The van der Waals surface area contributed by atoms with Gasteiger partial charge in [0.15, 0.2) is 0 Å². The van der Waals surface area contributed by atoms with E-state index >= 15 is 0 Å². The smallest absolute Gasteiger partial charge is 0.354 e. The standard InChI is InChI=1S/C21H24N2O3/c24-20(17-12-13-22-19(15-17)21(25)26)23-14-5-4-10-18(23)11-6-9-16-7-2-1-3-8-16/h1-3,7-8,12-13,15,18H,4-6,9-11,14H2,(H,25,26). The van der Waals surface area contributed by atoms with Crippen LogP contribution in [0.4, 0.5) is 0 Å². The molecule has 1 aliphatic heterocycles. The van der Waals surface area contributed by atoms with E-state index in [0.29, 0.717) is 5.56 Å². The second-order valence-corrected chi connectivity index (χ2v) is 6.76. The minimum absolute atomic E-state index is 0.0840. The van der Waals surface area contributed by atoms with Crippen molar-refractivity contribution in [3.05, 3.63) is 65.5 Å². The van der Waals surface area contributed by atoms with Crippen LogP contribution in [0.3, 0.4) is 0 Å². The number of hydrogen-bond acceptors (Lipinski definition) is 3. The number of amides is 1. The lowest BCUT2D eigenvalue weighted by atomic mass is 9.95. The lowest BCUT2D eigenvalue weighted by Crippen LogP contribution is -2.43. The molecule has 1 atom stereocenters. The highest BCUT2D eigenvalue weighted by atomic mass is 16.4. The average Bonchev–Trinajstić information content (AvgIpc) is 2.69. The lowest BCUT2D eigenvalue weighted by molar-refractivity contribution is 0.0599. The first-order valence-corrected chi connectivity index (χ1v) is 9.19. The molecule has 1 N–H and O–H groups in total. The third kappa shape index (κ3) is 4.48. The third-order valence-corrected chi connectivity index (χ3v) is 4.96. The lowest BCUT2D eigenvalue weighted by Gasteiger charge is -2.36. The Kier molecular flexibility index (Phi) is 6.00. The number of nitrogens with zero attached hydrogens (tertiary/aromatic N) is 2. The van der Waals surface area contributed by atoms with Gasteiger partial charge in [-0.05, 0) is 56.2 Å². The van der Waals surface area contributed by atoms with Gasteiger partial charge in [0.05, 0.1) is 0 Å². The number of aryl methyl sites for hydroxylation is 1. The molecule has 1 amide bonds. The fraction of sp³-hybridized carbons (Fsp3) is 0.381. The van der Waals surface area contributed by atoms with Crippen molar-refractivity contribution < 1.29 is 14.7 Å². The minimum Gasteiger partial charge on any atom is -0.477 e. The van der Waals surface area contributed by atoms with Gasteiger partial charge in [-0.1, -0.05) is 30.3 Å². The maximum Gasteiger partial charge on any atom is 0.354 e. The van der Waals surface area contributed by atoms with Crippen molar-refractivity contribution in [1.82, 2.24) is 9.88 Å². The monoisotopic (exact) mass is 352 g/mol. The Labute approximate surface area is 153 Å². The first-order valence-electron chi connectivity index (χ1n) is 9.19. The molecule has 5 heteroatoms. The van der Waals surface area contributed by atoms with E-state index < -0.39 is 5.97 Å². The fourth-order valence-corrected chi connectivity index (χ4v) is 3.60. The first kappa shape index (κ1) is 18.1. The maximum atomic E-state index is 12.9. The van der Waals surface area contributed by atoms with Crippen molar-refractivity contribution >= 4 is 11.9 Å². The van der Waals surface area contributed by atoms with Crippen LogP contribution in [-0.2, 0) is 6.42 Å². The number of carboxylic acid groups (broad SMARTS) is 1. The van der Waals surface area contributed by atoms with Gasteiger partial charge >= 0.3 is 5.97 Å². The quantitative estimate of drug-likeness (QED) is 0.858. The number of pyridine rings is 1. The fourth-order valence-electron chi connectivity index (χ4n) is 3.60. The van der Waals surface area contributed by atoms with Crippen LogP contribution < -0.4 is 0 Å². The van der Waals surface area contributed by atoms with E-state index in [2.05, 4.69) is 29.2 Å². The Balaban J connectivity index is 1.65. The molecule has 0 aliphatic carbocycles. The highest BCUT2D eigenvalue weighted by Crippen LogP contribution is 2.24. The van der Waals surface area contributed by atoms with Gasteiger partial charge in [-0.2, -0.15) is 0 Å². The third-order valence-electron chi connectivity index (χ3n) is 4.96. The molecule has 3 rings (SSSR count). The van der Waals surface area contributed by atoms with E-state index in [1.807, 2.05) is 11.0 Å². The number of aromatic nitrogens is 1. The molecule has 1 saturated heterocycles. The van der Waals surface area contributed by atoms with Crippen molar-refractivity contribution in [3.63, 3.8) is 0 Å². The van der Waals surface area contributed by atoms with E-state index in [0.717, 1.165) is 45.1 Å². The number of carbonyl (C=O) groups excluding carboxylic acids is 1. The molecule has 1 fully saturated rings. The molecule has 2 aromatic rings. The molecule has 1 aliphatic rings. The molecular weight excluding hydrogens is 328 g/mol. The number of carbonyl (C=O) groups is 2. The summed E-state index contributed by atoms with van der Waals surface area (Å²) in [4.78, 5) is 29.8. The number of likely N-dealkylation sites (tertiary alicyclic amines) is 1. The largest absolute Gasteiger partial charge is 0.477 e. The maximum absolute atomic E-state index is 12.9. The summed E-state index contributed by atoms with van der Waals surface area (Å²) in [6, 6.07) is 13.6. The van der Waals surface area contributed by atoms with Crippen LogP contribution in [0.2, 0.25) is 0 Å². The highest BCUT2D eigenvalue weighted by molar-refractivity contribution is 5.96. The van der Waals surface area contributed by atoms with Gasteiger partial charge in [0.1, 0.15) is 5.69 Å². The summed E-state index contributed by atoms with van der Waals surface area (Å²) in [7, 11) is 0. The van der Waals surface area contributed by atoms with Crippen molar-refractivity contribution in [2.24, 2.45) is 0 Å². The molecule has 2 heterocycles. The van der Waals surface area contributed by atoms with E-state index in [1.165, 1.54) is 17.8 Å². The van der Waals surface area contributed by atoms with Gasteiger partial charge in [0, 0.05) is 24.3 Å². The van der Waals surface area contributed by atoms with E-state index in [9.17, 15) is 9.59 Å². The predicted octanol–water partition coefficient (Wildman–Crippen LogP) is 3.80. The van der Waals surface area contributed by atoms with E-state index in [1.54, 1.807) is 6.07 Å². The van der Waals surface area contributed by atoms with Gasteiger partial charge < -0.3 is 10.0 Å². The van der Waals surface area contributed by atoms with Gasteiger partial charge in [-0.15, -0.1) is 0 Å². The summed E-state index contributed by atoms with van der Waals surface area (Å²) in [5, 5.41) is 9.09. The van der Waals surface area contributed by atoms with E-state index in [-0.39, 0.29) is 17.6 Å². The van der Waals surface area contributed by atoms with E-state index in [4.69, 9.17) is 5.11 Å². The summed E-state index contributed by atoms with van der Waals surface area (Å²) in [6.45, 7) is 0.736. The Morgan fingerprint density at radius 2 is 1.96 bits per heavy atom. The molecule has 1 aromatic heterocycles. The molecule has 5 nitrogen and oxygen atoms in total. The van der Waals surface area contributed by atoms with Gasteiger partial charge in [0.2, 0.25) is 0 Å². The van der Waals surface area contributed by atoms with Gasteiger partial charge in [-0.3, -0.25) is 4.79 Å². The van der Waals surface area contributed by atoms with Crippen LogP contribution >= 0.6 is 0 Å². The predicted molar refractivity (Wildman–Crippen MR) is 99.3 cm³/mol. The van der Waals surface area contributed by atoms with Crippen LogP contribution in [0.5, 0.6) is 0 Å². The summed E-state index contributed by atoms with van der Waals surface area (Å²) < 4.78 is 0. The zero-order valence-electron chi connectivity index (χ0n) is 14.8. The van der Waals surface area contributed by atoms with Crippen molar-refractivity contribution in [3.8, 4) is 0 Å². The van der Waals surface area contributed by atoms with Crippen molar-refractivity contribution in [1.29, 1.82) is 0 Å². The topological polar surface area (TPSA) is 70.5 Å². The Morgan fingerprint density at radius 3 is 2.73 bits per heavy atom. The molecule has 0 bridgehead atoms. The second-order valence-electron chi connectivity index (χ2n) is 6.76. The normalized spacial score (nSPS) is 17.1. The Bertz CT molecular complexity index is 761. The van der Waals surface area contributed by atoms with Gasteiger partial charge in [0.25, 0.3) is 5.91 Å². The number of aromatic carboxylic acids is 1. The summed E-state index contributed by atoms with van der Waals surface area (Å²) >= 11 is 0. The molecule has 0 spiro atoms. The number of rotatable bonds is 6. The van der Waals surface area contributed by atoms with Crippen LogP contribution in [0, 0.1) is 0 Å². The molecule has 1 aromatic carbocycles. The van der Waals surface area contributed by atoms with Crippen LogP contribution in [0.1, 0.15) is 58.5 Å². The summed E-state index contributed by atoms with van der Waals surface area (Å²) in [5.74, 6) is -1.20. The number of benzene rings is 1. The zero-order chi connectivity index (χ0) is 18.4. The summed E-state index contributed by atoms with van der Waals surface area (Å²) in [6.07, 6.45) is 7.56. The van der Waals surface area contributed by atoms with Crippen LogP contribution in [0.25, 0.3) is 0 Å². The second kappa shape index (κ2) is 8.61. The highest BCUT2D eigenvalue weighted by Gasteiger charge is 2.27. The Morgan fingerprint density at radius 1 is 1.15 bits per heavy atom. The number of carboxylic acids is 1.